The van der Waals surface area contributed by atoms with E-state index in [2.05, 4.69) is 28.9 Å². The van der Waals surface area contributed by atoms with E-state index in [-0.39, 0.29) is 6.10 Å². The molecule has 5 nitrogen and oxygen atoms in total. The summed E-state index contributed by atoms with van der Waals surface area (Å²) in [5.74, 6) is 2.15. The fourth-order valence-corrected chi connectivity index (χ4v) is 5.35. The molecule has 1 aliphatic heterocycles. The van der Waals surface area contributed by atoms with Gasteiger partial charge in [-0.2, -0.15) is 0 Å². The van der Waals surface area contributed by atoms with Crippen molar-refractivity contribution in [1.29, 1.82) is 0 Å². The molecule has 0 amide bonds. The second-order valence-electron chi connectivity index (χ2n) is 8.52. The first-order valence-electron chi connectivity index (χ1n) is 10.0. The number of aliphatic hydroxyl groups is 1. The minimum absolute atomic E-state index is 0.185. The molecule has 7 heteroatoms. The van der Waals surface area contributed by atoms with Gasteiger partial charge in [0.1, 0.15) is 16.9 Å². The van der Waals surface area contributed by atoms with Crippen LogP contribution >= 0.6 is 22.9 Å². The molecule has 28 heavy (non-hydrogen) atoms. The average molecular weight is 422 g/mol. The molecular weight excluding hydrogens is 394 g/mol. The first kappa shape index (κ1) is 19.9. The lowest BCUT2D eigenvalue weighted by atomic mass is 9.78. The molecule has 1 aromatic carbocycles. The van der Waals surface area contributed by atoms with Crippen molar-refractivity contribution >= 4 is 28.1 Å². The van der Waals surface area contributed by atoms with Crippen LogP contribution in [0.15, 0.2) is 12.1 Å². The van der Waals surface area contributed by atoms with Crippen molar-refractivity contribution in [2.45, 2.75) is 58.7 Å². The number of ether oxygens (including phenoxy) is 1. The molecule has 2 fully saturated rings. The maximum Gasteiger partial charge on any atom is 0.208 e. The number of aromatic nitrogens is 2. The highest BCUT2D eigenvalue weighted by atomic mass is 35.5. The molecule has 152 valence electrons. The number of hydrogen-bond acceptors (Lipinski definition) is 6. The van der Waals surface area contributed by atoms with Crippen molar-refractivity contribution in [3.63, 3.8) is 0 Å². The summed E-state index contributed by atoms with van der Waals surface area (Å²) < 4.78 is 6.40. The van der Waals surface area contributed by atoms with E-state index in [1.807, 2.05) is 26.0 Å². The van der Waals surface area contributed by atoms with Crippen molar-refractivity contribution in [3.05, 3.63) is 33.3 Å². The maximum absolute atomic E-state index is 10.8. The molecule has 2 aromatic rings. The van der Waals surface area contributed by atoms with Crippen LogP contribution < -0.4 is 9.64 Å². The molecule has 4 rings (SSSR count). The Kier molecular flexibility index (Phi) is 5.55. The van der Waals surface area contributed by atoms with Gasteiger partial charge in [-0.05, 0) is 67.7 Å². The molecule has 1 N–H and O–H groups in total. The Bertz CT molecular complexity index is 856. The Morgan fingerprint density at radius 3 is 2.54 bits per heavy atom. The quantitative estimate of drug-likeness (QED) is 0.782. The first-order valence-corrected chi connectivity index (χ1v) is 11.2. The van der Waals surface area contributed by atoms with Crippen LogP contribution in [-0.4, -0.2) is 40.6 Å². The van der Waals surface area contributed by atoms with Gasteiger partial charge in [-0.3, -0.25) is 0 Å². The number of nitrogens with zero attached hydrogens (tertiary/aromatic N) is 3. The lowest BCUT2D eigenvalue weighted by Gasteiger charge is -2.35. The summed E-state index contributed by atoms with van der Waals surface area (Å²) >= 11 is 7.97. The van der Waals surface area contributed by atoms with E-state index in [0.717, 1.165) is 58.0 Å². The number of fused-ring (bicyclic) bond motifs is 1. The maximum atomic E-state index is 10.8. The first-order chi connectivity index (χ1) is 13.3. The summed E-state index contributed by atoms with van der Waals surface area (Å²) in [6, 6.07) is 4.02. The molecule has 2 heterocycles. The topological polar surface area (TPSA) is 58.5 Å². The van der Waals surface area contributed by atoms with Gasteiger partial charge in [0.25, 0.3) is 0 Å². The predicted molar refractivity (Wildman–Crippen MR) is 114 cm³/mol. The molecular formula is C21H28ClN3O2S. The van der Waals surface area contributed by atoms with E-state index in [4.69, 9.17) is 16.3 Å². The van der Waals surface area contributed by atoms with Crippen molar-refractivity contribution in [3.8, 4) is 5.75 Å². The highest BCUT2D eigenvalue weighted by Gasteiger charge is 2.43. The van der Waals surface area contributed by atoms with Crippen LogP contribution in [0.25, 0.3) is 0 Å². The van der Waals surface area contributed by atoms with Crippen molar-refractivity contribution in [1.82, 2.24) is 10.2 Å². The third-order valence-electron chi connectivity index (χ3n) is 6.06. The monoisotopic (exact) mass is 421 g/mol. The second-order valence-corrected chi connectivity index (χ2v) is 10.1. The zero-order valence-electron chi connectivity index (χ0n) is 16.9. The number of benzene rings is 1. The standard InChI is InChI=1S/C21H28ClN3O2S/c1-11(2)16-8-17(22)12(3)5-19(16)27-20-7-15-10-25(9-14(15)6-18(20)26)21-24-23-13(4)28-21/h5,8,11,14-15,18,20,26H,6-7,9-10H2,1-4H3/t14-,15+,18+,20+/m0/s1. The van der Waals surface area contributed by atoms with Gasteiger partial charge in [0.15, 0.2) is 0 Å². The number of aryl methyl sites for hydroxylation is 2. The Morgan fingerprint density at radius 2 is 1.89 bits per heavy atom. The second kappa shape index (κ2) is 7.81. The summed E-state index contributed by atoms with van der Waals surface area (Å²) in [7, 11) is 0. The van der Waals surface area contributed by atoms with Crippen molar-refractivity contribution in [2.75, 3.05) is 18.0 Å². The molecule has 0 spiro atoms. The van der Waals surface area contributed by atoms with Crippen LogP contribution in [-0.2, 0) is 0 Å². The molecule has 1 aliphatic carbocycles. The molecule has 1 saturated carbocycles. The molecule has 1 saturated heterocycles. The number of halogens is 1. The van der Waals surface area contributed by atoms with Crippen LogP contribution in [0.5, 0.6) is 5.75 Å². The minimum atomic E-state index is -0.451. The number of hydrogen-bond donors (Lipinski definition) is 1. The predicted octanol–water partition coefficient (Wildman–Crippen LogP) is 4.59. The fraction of sp³-hybridized carbons (Fsp3) is 0.619. The van der Waals surface area contributed by atoms with Gasteiger partial charge < -0.3 is 14.7 Å². The van der Waals surface area contributed by atoms with E-state index >= 15 is 0 Å². The smallest absolute Gasteiger partial charge is 0.208 e. The van der Waals surface area contributed by atoms with Crippen LogP contribution in [0, 0.1) is 25.7 Å². The Labute approximate surface area is 175 Å². The van der Waals surface area contributed by atoms with Gasteiger partial charge in [-0.15, -0.1) is 10.2 Å². The average Bonchev–Trinajstić information content (AvgIpc) is 3.23. The van der Waals surface area contributed by atoms with Gasteiger partial charge in [0.2, 0.25) is 5.13 Å². The molecule has 4 atom stereocenters. The highest BCUT2D eigenvalue weighted by Crippen LogP contribution is 2.41. The van der Waals surface area contributed by atoms with E-state index in [9.17, 15) is 5.11 Å². The molecule has 0 radical (unpaired) electrons. The van der Waals surface area contributed by atoms with Crippen LogP contribution in [0.4, 0.5) is 5.13 Å². The van der Waals surface area contributed by atoms with Gasteiger partial charge >= 0.3 is 0 Å². The van der Waals surface area contributed by atoms with Crippen LogP contribution in [0.3, 0.4) is 0 Å². The normalized spacial score (nSPS) is 27.3. The fourth-order valence-electron chi connectivity index (χ4n) is 4.47. The van der Waals surface area contributed by atoms with Gasteiger partial charge in [0.05, 0.1) is 6.10 Å². The van der Waals surface area contributed by atoms with Gasteiger partial charge in [0, 0.05) is 18.1 Å². The van der Waals surface area contributed by atoms with Gasteiger partial charge in [-0.1, -0.05) is 36.8 Å². The number of aliphatic hydroxyl groups excluding tert-OH is 1. The van der Waals surface area contributed by atoms with Crippen molar-refractivity contribution < 1.29 is 9.84 Å². The third kappa shape index (κ3) is 3.87. The third-order valence-corrected chi connectivity index (χ3v) is 7.37. The summed E-state index contributed by atoms with van der Waals surface area (Å²) in [5.41, 5.74) is 2.10. The minimum Gasteiger partial charge on any atom is -0.487 e. The van der Waals surface area contributed by atoms with E-state index in [1.54, 1.807) is 11.3 Å². The van der Waals surface area contributed by atoms with E-state index in [0.29, 0.717) is 17.8 Å². The summed E-state index contributed by atoms with van der Waals surface area (Å²) in [6.07, 6.45) is 0.996. The van der Waals surface area contributed by atoms with Crippen molar-refractivity contribution in [2.24, 2.45) is 11.8 Å². The summed E-state index contributed by atoms with van der Waals surface area (Å²) in [5, 5.41) is 22.0. The Hall–Kier alpha value is -1.37. The van der Waals surface area contributed by atoms with E-state index < -0.39 is 6.10 Å². The number of rotatable bonds is 4. The molecule has 2 aliphatic rings. The van der Waals surface area contributed by atoms with Crippen LogP contribution in [0.1, 0.15) is 48.7 Å². The lowest BCUT2D eigenvalue weighted by molar-refractivity contribution is -0.0236. The summed E-state index contributed by atoms with van der Waals surface area (Å²) in [6.45, 7) is 10.2. The van der Waals surface area contributed by atoms with Gasteiger partial charge in [-0.25, -0.2) is 0 Å². The zero-order chi connectivity index (χ0) is 20.0. The molecule has 0 bridgehead atoms. The van der Waals surface area contributed by atoms with E-state index in [1.165, 1.54) is 0 Å². The SMILES string of the molecule is Cc1nnc(N2C[C@H]3C[C@@H](Oc4cc(C)c(Cl)cc4C(C)C)[C@H](O)C[C@H]3C2)s1. The Balaban J connectivity index is 1.50. The summed E-state index contributed by atoms with van der Waals surface area (Å²) in [4.78, 5) is 2.32. The molecule has 1 aromatic heterocycles. The number of anilines is 1. The molecule has 0 unspecified atom stereocenters. The lowest BCUT2D eigenvalue weighted by Crippen LogP contribution is -2.42. The highest BCUT2D eigenvalue weighted by molar-refractivity contribution is 7.15. The zero-order valence-corrected chi connectivity index (χ0v) is 18.4. The largest absolute Gasteiger partial charge is 0.487 e. The Morgan fingerprint density at radius 1 is 1.18 bits per heavy atom. The van der Waals surface area contributed by atoms with Crippen LogP contribution in [0.2, 0.25) is 5.02 Å².